The number of carbonyl (C=O) groups excluding carboxylic acids is 1. The summed E-state index contributed by atoms with van der Waals surface area (Å²) in [6.45, 7) is 0.551. The van der Waals surface area contributed by atoms with Crippen molar-refractivity contribution in [2.24, 2.45) is 0 Å². The molecule has 86 valence electrons. The summed E-state index contributed by atoms with van der Waals surface area (Å²) in [6, 6.07) is 7.14. The summed E-state index contributed by atoms with van der Waals surface area (Å²) in [5.74, 6) is 0.282. The number of halogens is 2. The Morgan fingerprint density at radius 3 is 2.56 bits per heavy atom. The molecule has 0 radical (unpaired) electrons. The van der Waals surface area contributed by atoms with Crippen LogP contribution >= 0.6 is 23.2 Å². The molecule has 0 saturated carbocycles. The monoisotopic (exact) mass is 258 g/mol. The lowest BCUT2D eigenvalue weighted by atomic mass is 10.0. The Morgan fingerprint density at radius 2 is 2.06 bits per heavy atom. The molecule has 2 nitrogen and oxygen atoms in total. The van der Waals surface area contributed by atoms with Crippen molar-refractivity contribution < 1.29 is 9.53 Å². The van der Waals surface area contributed by atoms with Crippen molar-refractivity contribution in [2.45, 2.75) is 23.8 Å². The zero-order chi connectivity index (χ0) is 11.6. The number of carbonyl (C=O) groups is 1. The molecule has 1 saturated heterocycles. The third kappa shape index (κ3) is 2.24. The average Bonchev–Trinajstić information content (AvgIpc) is 2.77. The molecule has 1 fully saturated rings. The van der Waals surface area contributed by atoms with Crippen LogP contribution in [0.15, 0.2) is 24.3 Å². The van der Waals surface area contributed by atoms with E-state index in [0.29, 0.717) is 24.5 Å². The summed E-state index contributed by atoms with van der Waals surface area (Å²) in [4.78, 5) is 12.1. The van der Waals surface area contributed by atoms with Crippen molar-refractivity contribution in [3.8, 4) is 0 Å². The molecule has 1 heterocycles. The van der Waals surface area contributed by atoms with Gasteiger partial charge in [0.2, 0.25) is 10.8 Å². The van der Waals surface area contributed by atoms with Crippen molar-refractivity contribution in [1.29, 1.82) is 0 Å². The second kappa shape index (κ2) is 4.74. The van der Waals surface area contributed by atoms with Crippen molar-refractivity contribution >= 4 is 29.0 Å². The first kappa shape index (κ1) is 11.9. The number of ketones is 1. The fourth-order valence-electron chi connectivity index (χ4n) is 1.75. The Morgan fingerprint density at radius 1 is 1.38 bits per heavy atom. The topological polar surface area (TPSA) is 26.3 Å². The number of benzene rings is 1. The SMILES string of the molecule is O=C(c1ccc(CCl)cc1)C1(Cl)CCCO1. The van der Waals surface area contributed by atoms with E-state index in [1.54, 1.807) is 12.1 Å². The zero-order valence-electron chi connectivity index (χ0n) is 8.71. The first-order valence-electron chi connectivity index (χ1n) is 5.18. The molecule has 0 amide bonds. The highest BCUT2D eigenvalue weighted by Crippen LogP contribution is 2.33. The summed E-state index contributed by atoms with van der Waals surface area (Å²) >= 11 is 11.8. The molecule has 2 rings (SSSR count). The van der Waals surface area contributed by atoms with E-state index in [0.717, 1.165) is 12.0 Å². The van der Waals surface area contributed by atoms with E-state index in [1.807, 2.05) is 12.1 Å². The molecule has 1 aromatic carbocycles. The van der Waals surface area contributed by atoms with Gasteiger partial charge in [0.05, 0.1) is 0 Å². The van der Waals surface area contributed by atoms with Crippen molar-refractivity contribution in [1.82, 2.24) is 0 Å². The van der Waals surface area contributed by atoms with Gasteiger partial charge in [-0.2, -0.15) is 0 Å². The third-order valence-electron chi connectivity index (χ3n) is 2.68. The van der Waals surface area contributed by atoms with Crippen LogP contribution in [0.4, 0.5) is 0 Å². The van der Waals surface area contributed by atoms with Gasteiger partial charge in [-0.25, -0.2) is 0 Å². The van der Waals surface area contributed by atoms with Crippen molar-refractivity contribution in [3.05, 3.63) is 35.4 Å². The lowest BCUT2D eigenvalue weighted by molar-refractivity contribution is 0.0500. The number of hydrogen-bond donors (Lipinski definition) is 0. The van der Waals surface area contributed by atoms with Gasteiger partial charge in [-0.1, -0.05) is 35.9 Å². The first-order valence-corrected chi connectivity index (χ1v) is 6.09. The first-order chi connectivity index (χ1) is 7.65. The fourth-order valence-corrected chi connectivity index (χ4v) is 2.24. The Hall–Kier alpha value is -0.570. The van der Waals surface area contributed by atoms with Crippen LogP contribution < -0.4 is 0 Å². The Balaban J connectivity index is 2.20. The maximum Gasteiger partial charge on any atom is 0.210 e. The predicted octanol–water partition coefficient (Wildman–Crippen LogP) is 3.35. The predicted molar refractivity (Wildman–Crippen MR) is 64.1 cm³/mol. The lowest BCUT2D eigenvalue weighted by Gasteiger charge is -2.18. The molecule has 0 bridgehead atoms. The molecule has 0 N–H and O–H groups in total. The van der Waals surface area contributed by atoms with E-state index in [4.69, 9.17) is 27.9 Å². The highest BCUT2D eigenvalue weighted by molar-refractivity contribution is 6.36. The number of alkyl halides is 2. The van der Waals surface area contributed by atoms with Crippen LogP contribution in [0.1, 0.15) is 28.8 Å². The van der Waals surface area contributed by atoms with Gasteiger partial charge in [-0.3, -0.25) is 4.79 Å². The highest BCUT2D eigenvalue weighted by Gasteiger charge is 2.40. The number of Topliss-reactive ketones (excluding diaryl/α,β-unsaturated/α-hetero) is 1. The Bertz CT molecular complexity index is 381. The molecular formula is C12H12Cl2O2. The molecule has 1 unspecified atom stereocenters. The van der Waals surface area contributed by atoms with E-state index in [9.17, 15) is 4.79 Å². The molecule has 4 heteroatoms. The van der Waals surface area contributed by atoms with Gasteiger partial charge in [0.25, 0.3) is 0 Å². The van der Waals surface area contributed by atoms with Crippen LogP contribution in [0, 0.1) is 0 Å². The maximum absolute atomic E-state index is 12.1. The Labute approximate surface area is 104 Å². The van der Waals surface area contributed by atoms with E-state index < -0.39 is 5.06 Å². The highest BCUT2D eigenvalue weighted by atomic mass is 35.5. The van der Waals surface area contributed by atoms with Crippen molar-refractivity contribution in [3.63, 3.8) is 0 Å². The molecular weight excluding hydrogens is 247 g/mol. The van der Waals surface area contributed by atoms with Gasteiger partial charge in [0.1, 0.15) is 0 Å². The summed E-state index contributed by atoms with van der Waals surface area (Å²) in [5.41, 5.74) is 1.56. The normalized spacial score (nSPS) is 24.6. The van der Waals surface area contributed by atoms with E-state index in [-0.39, 0.29) is 5.78 Å². The third-order valence-corrected chi connectivity index (χ3v) is 3.46. The van der Waals surface area contributed by atoms with Gasteiger partial charge in [-0.05, 0) is 12.0 Å². The molecule has 1 atom stereocenters. The second-order valence-corrected chi connectivity index (χ2v) is 4.72. The molecule has 0 spiro atoms. The largest absolute Gasteiger partial charge is 0.352 e. The maximum atomic E-state index is 12.1. The van der Waals surface area contributed by atoms with Gasteiger partial charge < -0.3 is 4.74 Å². The van der Waals surface area contributed by atoms with E-state index in [2.05, 4.69) is 0 Å². The lowest BCUT2D eigenvalue weighted by Crippen LogP contribution is -2.31. The van der Waals surface area contributed by atoms with Crippen LogP contribution in [0.3, 0.4) is 0 Å². The van der Waals surface area contributed by atoms with Crippen LogP contribution in [-0.2, 0) is 10.6 Å². The van der Waals surface area contributed by atoms with E-state index >= 15 is 0 Å². The second-order valence-electron chi connectivity index (χ2n) is 3.84. The van der Waals surface area contributed by atoms with Crippen LogP contribution in [0.5, 0.6) is 0 Å². The van der Waals surface area contributed by atoms with Gasteiger partial charge in [0.15, 0.2) is 0 Å². The van der Waals surface area contributed by atoms with E-state index in [1.165, 1.54) is 0 Å². The molecule has 16 heavy (non-hydrogen) atoms. The van der Waals surface area contributed by atoms with Crippen LogP contribution in [-0.4, -0.2) is 17.5 Å². The minimum atomic E-state index is -1.15. The fraction of sp³-hybridized carbons (Fsp3) is 0.417. The summed E-state index contributed by atoms with van der Waals surface area (Å²) in [7, 11) is 0. The molecule has 0 aromatic heterocycles. The van der Waals surface area contributed by atoms with Crippen molar-refractivity contribution in [2.75, 3.05) is 6.61 Å². The number of hydrogen-bond acceptors (Lipinski definition) is 2. The minimum Gasteiger partial charge on any atom is -0.352 e. The van der Waals surface area contributed by atoms with Crippen LogP contribution in [0.2, 0.25) is 0 Å². The molecule has 1 aliphatic rings. The summed E-state index contributed by atoms with van der Waals surface area (Å²) < 4.78 is 5.30. The standard InChI is InChI=1S/C12H12Cl2O2/c13-8-9-2-4-10(5-3-9)11(15)12(14)6-1-7-16-12/h2-5H,1,6-8H2. The number of ether oxygens (including phenoxy) is 1. The van der Waals surface area contributed by atoms with Gasteiger partial charge in [0, 0.05) is 24.5 Å². The zero-order valence-corrected chi connectivity index (χ0v) is 10.2. The molecule has 0 aliphatic carbocycles. The van der Waals surface area contributed by atoms with Crippen LogP contribution in [0.25, 0.3) is 0 Å². The molecule has 1 aromatic rings. The van der Waals surface area contributed by atoms with Gasteiger partial charge in [-0.15, -0.1) is 11.6 Å². The average molecular weight is 259 g/mol. The quantitative estimate of drug-likeness (QED) is 0.614. The minimum absolute atomic E-state index is 0.159. The summed E-state index contributed by atoms with van der Waals surface area (Å²) in [6.07, 6.45) is 1.40. The molecule has 1 aliphatic heterocycles. The Kier molecular flexibility index (Phi) is 3.53. The smallest absolute Gasteiger partial charge is 0.210 e. The number of rotatable bonds is 3. The summed E-state index contributed by atoms with van der Waals surface area (Å²) in [5, 5.41) is -1.15. The van der Waals surface area contributed by atoms with Gasteiger partial charge >= 0.3 is 0 Å².